The van der Waals surface area contributed by atoms with Gasteiger partial charge in [0.1, 0.15) is 6.10 Å². The van der Waals surface area contributed by atoms with E-state index in [1.54, 1.807) is 39.8 Å². The Bertz CT molecular complexity index is 1350. The zero-order valence-electron chi connectivity index (χ0n) is 31.4. The number of aliphatic hydroxyl groups excluding tert-OH is 4. The first kappa shape index (κ1) is 37.5. The minimum absolute atomic E-state index is 0.0300. The summed E-state index contributed by atoms with van der Waals surface area (Å²) in [5.74, 6) is -0.938. The van der Waals surface area contributed by atoms with E-state index in [1.165, 1.54) is 0 Å². The summed E-state index contributed by atoms with van der Waals surface area (Å²) in [6, 6.07) is 0. The summed E-state index contributed by atoms with van der Waals surface area (Å²) in [5.41, 5.74) is -2.64. The van der Waals surface area contributed by atoms with Gasteiger partial charge in [-0.15, -0.1) is 0 Å². The fourth-order valence-electron chi connectivity index (χ4n) is 12.7. The molecule has 0 bridgehead atoms. The van der Waals surface area contributed by atoms with Crippen LogP contribution in [-0.2, 0) is 19.1 Å². The number of carbonyl (C=O) groups is 2. The number of ether oxygens (including phenoxy) is 2. The molecule has 4 unspecified atom stereocenters. The van der Waals surface area contributed by atoms with Gasteiger partial charge in [-0.3, -0.25) is 0 Å². The molecule has 5 saturated carbocycles. The van der Waals surface area contributed by atoms with Crippen LogP contribution >= 0.6 is 0 Å². The third-order valence-corrected chi connectivity index (χ3v) is 16.0. The summed E-state index contributed by atoms with van der Waals surface area (Å²) in [4.78, 5) is 26.8. The molecule has 8 nitrogen and oxygen atoms in total. The Morgan fingerprint density at radius 1 is 0.729 bits per heavy atom. The highest BCUT2D eigenvalue weighted by atomic mass is 16.6. The number of hydrogen-bond acceptors (Lipinski definition) is 8. The van der Waals surface area contributed by atoms with Gasteiger partial charge in [-0.05, 0) is 113 Å². The molecule has 0 aromatic carbocycles. The van der Waals surface area contributed by atoms with Crippen molar-refractivity contribution in [1.82, 2.24) is 0 Å². The second-order valence-corrected chi connectivity index (χ2v) is 18.5. The van der Waals surface area contributed by atoms with Gasteiger partial charge in [-0.25, -0.2) is 9.59 Å². The van der Waals surface area contributed by atoms with Crippen LogP contribution < -0.4 is 0 Å². The number of hydrogen-bond donors (Lipinski definition) is 4. The molecule has 5 rings (SSSR count). The SMILES string of the molecule is C/C=C(/C)C(=O)O[C@H]1[C@H](OC(=O)/C(C)=C\C)[C@@]2(CO)C(CC1(C)C)C1CCC3[C@@]4(C)CC[C@H](O)C(C)(C)C4CC[C@@]3(C)[C@]1(C)[C@@H](O)[C@H]2O. The molecule has 13 atom stereocenters. The normalized spacial score (nSPS) is 48.3. The molecule has 0 heterocycles. The summed E-state index contributed by atoms with van der Waals surface area (Å²) in [6.07, 6.45) is 3.90. The topological polar surface area (TPSA) is 134 Å². The highest BCUT2D eigenvalue weighted by molar-refractivity contribution is 5.88. The highest BCUT2D eigenvalue weighted by Gasteiger charge is 2.77. The summed E-state index contributed by atoms with van der Waals surface area (Å²) in [7, 11) is 0. The number of fused-ring (bicyclic) bond motifs is 7. The zero-order valence-corrected chi connectivity index (χ0v) is 31.4. The van der Waals surface area contributed by atoms with Crippen LogP contribution in [0.15, 0.2) is 23.3 Å². The van der Waals surface area contributed by atoms with Gasteiger partial charge in [-0.1, -0.05) is 60.6 Å². The van der Waals surface area contributed by atoms with Crippen molar-refractivity contribution < 1.29 is 39.5 Å². The van der Waals surface area contributed by atoms with Gasteiger partial charge in [-0.2, -0.15) is 0 Å². The van der Waals surface area contributed by atoms with Crippen LogP contribution in [0.2, 0.25) is 0 Å². The van der Waals surface area contributed by atoms with Crippen LogP contribution in [-0.4, -0.2) is 69.5 Å². The Morgan fingerprint density at radius 2 is 1.29 bits per heavy atom. The minimum atomic E-state index is -1.46. The summed E-state index contributed by atoms with van der Waals surface area (Å²) < 4.78 is 12.5. The van der Waals surface area contributed by atoms with Crippen LogP contribution in [0.3, 0.4) is 0 Å². The number of esters is 2. The van der Waals surface area contributed by atoms with Crippen LogP contribution in [0, 0.1) is 56.2 Å². The second-order valence-electron chi connectivity index (χ2n) is 18.5. The van der Waals surface area contributed by atoms with E-state index >= 15 is 0 Å². The fourth-order valence-corrected chi connectivity index (χ4v) is 12.7. The zero-order chi connectivity index (χ0) is 36.0. The number of carbonyl (C=O) groups excluding carboxylic acids is 2. The van der Waals surface area contributed by atoms with Crippen LogP contribution in [0.25, 0.3) is 0 Å². The lowest BCUT2D eigenvalue weighted by atomic mass is 9.30. The Balaban J connectivity index is 1.65. The average molecular weight is 673 g/mol. The van der Waals surface area contributed by atoms with Crippen molar-refractivity contribution in [2.45, 2.75) is 152 Å². The molecule has 8 heteroatoms. The molecule has 0 spiro atoms. The average Bonchev–Trinajstić information content (AvgIpc) is 3.03. The summed E-state index contributed by atoms with van der Waals surface area (Å²) in [5, 5.41) is 47.9. The predicted octanol–water partition coefficient (Wildman–Crippen LogP) is 6.14. The van der Waals surface area contributed by atoms with E-state index in [9.17, 15) is 30.0 Å². The van der Waals surface area contributed by atoms with Crippen LogP contribution in [0.1, 0.15) is 121 Å². The van der Waals surface area contributed by atoms with Gasteiger partial charge in [0.25, 0.3) is 0 Å². The second kappa shape index (κ2) is 12.2. The lowest BCUT2D eigenvalue weighted by Gasteiger charge is -2.75. The molecule has 4 N–H and O–H groups in total. The fraction of sp³-hybridized carbons (Fsp3) is 0.850. The maximum Gasteiger partial charge on any atom is 0.333 e. The molecule has 0 radical (unpaired) electrons. The molecule has 272 valence electrons. The van der Waals surface area contributed by atoms with Gasteiger partial charge >= 0.3 is 11.9 Å². The van der Waals surface area contributed by atoms with Gasteiger partial charge in [0, 0.05) is 22.0 Å². The largest absolute Gasteiger partial charge is 0.454 e. The van der Waals surface area contributed by atoms with E-state index < -0.39 is 59.2 Å². The lowest BCUT2D eigenvalue weighted by molar-refractivity contribution is -0.342. The monoisotopic (exact) mass is 672 g/mol. The number of rotatable bonds is 5. The summed E-state index contributed by atoms with van der Waals surface area (Å²) in [6.45, 7) is 21.7. The van der Waals surface area contributed by atoms with E-state index in [4.69, 9.17) is 9.47 Å². The van der Waals surface area contributed by atoms with Crippen molar-refractivity contribution in [2.75, 3.05) is 6.61 Å². The maximum atomic E-state index is 13.5. The van der Waals surface area contributed by atoms with Crippen molar-refractivity contribution >= 4 is 11.9 Å². The van der Waals surface area contributed by atoms with E-state index in [-0.39, 0.29) is 40.1 Å². The molecule has 5 fully saturated rings. The Morgan fingerprint density at radius 3 is 1.83 bits per heavy atom. The molecular weight excluding hydrogens is 608 g/mol. The molecule has 0 amide bonds. The number of allylic oxidation sites excluding steroid dienone is 2. The van der Waals surface area contributed by atoms with Gasteiger partial charge in [0.15, 0.2) is 6.10 Å². The Hall–Kier alpha value is -1.74. The molecule has 5 aliphatic carbocycles. The van der Waals surface area contributed by atoms with E-state index in [2.05, 4.69) is 34.6 Å². The van der Waals surface area contributed by atoms with Crippen molar-refractivity contribution in [3.8, 4) is 0 Å². The van der Waals surface area contributed by atoms with Gasteiger partial charge in [0.2, 0.25) is 0 Å². The van der Waals surface area contributed by atoms with Crippen molar-refractivity contribution in [2.24, 2.45) is 56.2 Å². The van der Waals surface area contributed by atoms with Crippen LogP contribution in [0.4, 0.5) is 0 Å². The quantitative estimate of drug-likeness (QED) is 0.202. The molecule has 5 aliphatic rings. The maximum absolute atomic E-state index is 13.5. The Labute approximate surface area is 288 Å². The van der Waals surface area contributed by atoms with Gasteiger partial charge in [0.05, 0.1) is 30.3 Å². The molecule has 0 aromatic rings. The Kier molecular flexibility index (Phi) is 9.53. The third-order valence-electron chi connectivity index (χ3n) is 16.0. The number of aliphatic hydroxyl groups is 4. The molecule has 48 heavy (non-hydrogen) atoms. The van der Waals surface area contributed by atoms with Crippen molar-refractivity contribution in [3.05, 3.63) is 23.3 Å². The minimum Gasteiger partial charge on any atom is -0.454 e. The summed E-state index contributed by atoms with van der Waals surface area (Å²) >= 11 is 0. The third kappa shape index (κ3) is 4.88. The first-order valence-electron chi connectivity index (χ1n) is 18.5. The van der Waals surface area contributed by atoms with E-state index in [0.717, 1.165) is 38.5 Å². The lowest BCUT2D eigenvalue weighted by Crippen LogP contribution is -2.79. The predicted molar refractivity (Wildman–Crippen MR) is 184 cm³/mol. The van der Waals surface area contributed by atoms with Crippen molar-refractivity contribution in [1.29, 1.82) is 0 Å². The first-order valence-corrected chi connectivity index (χ1v) is 18.5. The smallest absolute Gasteiger partial charge is 0.333 e. The molecular formula is C40H64O8. The first-order chi connectivity index (χ1) is 22.2. The van der Waals surface area contributed by atoms with Crippen molar-refractivity contribution in [3.63, 3.8) is 0 Å². The molecule has 0 saturated heterocycles. The molecule has 0 aromatic heterocycles. The highest BCUT2D eigenvalue weighted by Crippen LogP contribution is 2.77. The molecule has 0 aliphatic heterocycles. The van der Waals surface area contributed by atoms with Crippen LogP contribution in [0.5, 0.6) is 0 Å². The van der Waals surface area contributed by atoms with E-state index in [1.807, 2.05) is 13.8 Å². The standard InChI is InChI=1S/C40H64O8/c1-12-22(3)33(45)47-31-32(48-34(46)23(4)13-2)40(21-41)25(20-35(31,5)6)24-14-15-27-37(9)18-17-28(42)36(7,8)26(37)16-19-38(27,10)39(24,11)29(43)30(40)44/h12-13,24-32,41-44H,14-21H2,1-11H3/b22-12-,23-13-/t24?,25?,26?,27?,28-,29-,30+,31-,32-,37-,38+,39-,40-/m0/s1. The van der Waals surface area contributed by atoms with Gasteiger partial charge < -0.3 is 29.9 Å². The van der Waals surface area contributed by atoms with E-state index in [0.29, 0.717) is 23.5 Å².